The molecule has 0 unspecified atom stereocenters. The monoisotopic (exact) mass is 246 g/mol. The average Bonchev–Trinajstić information content (AvgIpc) is 2.85. The molecule has 0 saturated carbocycles. The molecule has 0 spiro atoms. The Hall–Kier alpha value is -1.55. The molecular formula is C14H22N4. The van der Waals surface area contributed by atoms with E-state index in [-0.39, 0.29) is 5.54 Å². The molecule has 4 nitrogen and oxygen atoms in total. The van der Waals surface area contributed by atoms with Crippen LogP contribution in [-0.4, -0.2) is 19.9 Å². The highest BCUT2D eigenvalue weighted by Gasteiger charge is 2.10. The topological polar surface area (TPSA) is 34.8 Å². The Labute approximate surface area is 109 Å². The summed E-state index contributed by atoms with van der Waals surface area (Å²) >= 11 is 0. The molecule has 2 heterocycles. The van der Waals surface area contributed by atoms with Crippen LogP contribution < -0.4 is 5.32 Å². The van der Waals surface area contributed by atoms with Crippen molar-refractivity contribution in [2.75, 3.05) is 0 Å². The van der Waals surface area contributed by atoms with Gasteiger partial charge in [0.1, 0.15) is 0 Å². The largest absolute Gasteiger partial charge is 0.346 e. The summed E-state index contributed by atoms with van der Waals surface area (Å²) in [7, 11) is 1.95. The molecule has 0 aliphatic rings. The Kier molecular flexibility index (Phi) is 3.57. The van der Waals surface area contributed by atoms with E-state index in [1.807, 2.05) is 17.9 Å². The zero-order valence-electron chi connectivity index (χ0n) is 11.6. The van der Waals surface area contributed by atoms with Crippen LogP contribution in [0.2, 0.25) is 0 Å². The first-order valence-corrected chi connectivity index (χ1v) is 6.30. The van der Waals surface area contributed by atoms with Crippen molar-refractivity contribution >= 4 is 0 Å². The molecule has 0 bridgehead atoms. The Bertz CT molecular complexity index is 502. The van der Waals surface area contributed by atoms with Gasteiger partial charge in [0.25, 0.3) is 0 Å². The average molecular weight is 246 g/mol. The van der Waals surface area contributed by atoms with Gasteiger partial charge in [-0.05, 0) is 32.9 Å². The lowest BCUT2D eigenvalue weighted by atomic mass is 10.1. The maximum Gasteiger partial charge on any atom is 0.0539 e. The summed E-state index contributed by atoms with van der Waals surface area (Å²) in [5.74, 6) is 0. The molecule has 18 heavy (non-hydrogen) atoms. The first-order valence-electron chi connectivity index (χ1n) is 6.30. The molecule has 2 aromatic heterocycles. The van der Waals surface area contributed by atoms with Crippen molar-refractivity contribution in [2.24, 2.45) is 7.05 Å². The number of aromatic nitrogens is 3. The van der Waals surface area contributed by atoms with Gasteiger partial charge < -0.3 is 9.88 Å². The van der Waals surface area contributed by atoms with Crippen LogP contribution in [0.5, 0.6) is 0 Å². The SMILES string of the molecule is Cn1cc(Cn2cccc2CNC(C)(C)C)cn1. The van der Waals surface area contributed by atoms with Crippen LogP contribution in [0.4, 0.5) is 0 Å². The summed E-state index contributed by atoms with van der Waals surface area (Å²) in [6.07, 6.45) is 6.09. The van der Waals surface area contributed by atoms with Gasteiger partial charge in [-0.15, -0.1) is 0 Å². The fourth-order valence-electron chi connectivity index (χ4n) is 1.87. The highest BCUT2D eigenvalue weighted by Crippen LogP contribution is 2.09. The first kappa shape index (κ1) is 12.9. The third-order valence-electron chi connectivity index (χ3n) is 2.83. The molecule has 0 saturated heterocycles. The van der Waals surface area contributed by atoms with Crippen LogP contribution in [0.15, 0.2) is 30.7 Å². The number of nitrogens with one attached hydrogen (secondary N) is 1. The molecule has 0 aliphatic heterocycles. The van der Waals surface area contributed by atoms with Gasteiger partial charge >= 0.3 is 0 Å². The molecule has 0 aromatic carbocycles. The third-order valence-corrected chi connectivity index (χ3v) is 2.83. The van der Waals surface area contributed by atoms with E-state index in [0.717, 1.165) is 13.1 Å². The van der Waals surface area contributed by atoms with E-state index < -0.39 is 0 Å². The van der Waals surface area contributed by atoms with Gasteiger partial charge in [0.15, 0.2) is 0 Å². The fraction of sp³-hybridized carbons (Fsp3) is 0.500. The number of aryl methyl sites for hydroxylation is 1. The second kappa shape index (κ2) is 4.98. The van der Waals surface area contributed by atoms with Crippen LogP contribution in [0.1, 0.15) is 32.0 Å². The van der Waals surface area contributed by atoms with Gasteiger partial charge in [-0.2, -0.15) is 5.10 Å². The number of hydrogen-bond donors (Lipinski definition) is 1. The predicted molar refractivity (Wildman–Crippen MR) is 73.3 cm³/mol. The molecular weight excluding hydrogens is 224 g/mol. The number of rotatable bonds is 4. The molecule has 1 N–H and O–H groups in total. The van der Waals surface area contributed by atoms with E-state index in [0.29, 0.717) is 0 Å². The molecule has 2 aromatic rings. The summed E-state index contributed by atoms with van der Waals surface area (Å²) in [5.41, 5.74) is 2.67. The summed E-state index contributed by atoms with van der Waals surface area (Å²) in [4.78, 5) is 0. The van der Waals surface area contributed by atoms with Gasteiger partial charge in [-0.1, -0.05) is 0 Å². The summed E-state index contributed by atoms with van der Waals surface area (Å²) in [5, 5.41) is 7.71. The van der Waals surface area contributed by atoms with Gasteiger partial charge in [-0.3, -0.25) is 4.68 Å². The Morgan fingerprint density at radius 2 is 2.11 bits per heavy atom. The first-order chi connectivity index (χ1) is 8.44. The quantitative estimate of drug-likeness (QED) is 0.897. The highest BCUT2D eigenvalue weighted by molar-refractivity contribution is 5.12. The summed E-state index contributed by atoms with van der Waals surface area (Å²) < 4.78 is 4.10. The van der Waals surface area contributed by atoms with E-state index in [9.17, 15) is 0 Å². The fourth-order valence-corrected chi connectivity index (χ4v) is 1.87. The summed E-state index contributed by atoms with van der Waals surface area (Å²) in [6.45, 7) is 8.31. The van der Waals surface area contributed by atoms with Gasteiger partial charge in [0, 0.05) is 42.8 Å². The van der Waals surface area contributed by atoms with Gasteiger partial charge in [0.2, 0.25) is 0 Å². The van der Waals surface area contributed by atoms with E-state index in [2.05, 4.69) is 60.3 Å². The van der Waals surface area contributed by atoms with Crippen molar-refractivity contribution in [3.05, 3.63) is 42.0 Å². The Balaban J connectivity index is 2.03. The Morgan fingerprint density at radius 1 is 1.33 bits per heavy atom. The van der Waals surface area contributed by atoms with Crippen molar-refractivity contribution in [1.29, 1.82) is 0 Å². The molecule has 4 heteroatoms. The van der Waals surface area contributed by atoms with E-state index in [4.69, 9.17) is 0 Å². The van der Waals surface area contributed by atoms with Crippen molar-refractivity contribution in [3.8, 4) is 0 Å². The van der Waals surface area contributed by atoms with E-state index in [1.165, 1.54) is 11.3 Å². The van der Waals surface area contributed by atoms with Crippen LogP contribution >= 0.6 is 0 Å². The van der Waals surface area contributed by atoms with E-state index in [1.54, 1.807) is 0 Å². The van der Waals surface area contributed by atoms with Crippen LogP contribution in [-0.2, 0) is 20.1 Å². The summed E-state index contributed by atoms with van der Waals surface area (Å²) in [6, 6.07) is 4.26. The van der Waals surface area contributed by atoms with Crippen molar-refractivity contribution in [2.45, 2.75) is 39.4 Å². The molecule has 98 valence electrons. The second-order valence-corrected chi connectivity index (χ2v) is 5.75. The number of nitrogens with zero attached hydrogens (tertiary/aromatic N) is 3. The molecule has 2 rings (SSSR count). The van der Waals surface area contributed by atoms with Crippen molar-refractivity contribution < 1.29 is 0 Å². The van der Waals surface area contributed by atoms with Crippen LogP contribution in [0, 0.1) is 0 Å². The predicted octanol–water partition coefficient (Wildman–Crippen LogP) is 2.16. The smallest absolute Gasteiger partial charge is 0.0539 e. The minimum Gasteiger partial charge on any atom is -0.346 e. The van der Waals surface area contributed by atoms with Crippen molar-refractivity contribution in [3.63, 3.8) is 0 Å². The van der Waals surface area contributed by atoms with E-state index >= 15 is 0 Å². The molecule has 0 radical (unpaired) electrons. The maximum atomic E-state index is 4.20. The molecule has 0 fully saturated rings. The lowest BCUT2D eigenvalue weighted by Gasteiger charge is -2.21. The molecule has 0 aliphatic carbocycles. The third kappa shape index (κ3) is 3.47. The molecule has 0 atom stereocenters. The normalized spacial score (nSPS) is 12.0. The lowest BCUT2D eigenvalue weighted by molar-refractivity contribution is 0.417. The minimum atomic E-state index is 0.142. The van der Waals surface area contributed by atoms with Gasteiger partial charge in [-0.25, -0.2) is 0 Å². The van der Waals surface area contributed by atoms with Crippen LogP contribution in [0.25, 0.3) is 0 Å². The maximum absolute atomic E-state index is 4.20. The van der Waals surface area contributed by atoms with Crippen LogP contribution in [0.3, 0.4) is 0 Å². The number of hydrogen-bond acceptors (Lipinski definition) is 2. The minimum absolute atomic E-state index is 0.142. The Morgan fingerprint density at radius 3 is 2.72 bits per heavy atom. The van der Waals surface area contributed by atoms with Gasteiger partial charge in [0.05, 0.1) is 12.7 Å². The highest BCUT2D eigenvalue weighted by atomic mass is 15.2. The molecule has 0 amide bonds. The zero-order chi connectivity index (χ0) is 13.2. The standard InChI is InChI=1S/C14H22N4/c1-14(2,3)15-9-13-6-5-7-18(13)11-12-8-16-17(4)10-12/h5-8,10,15H,9,11H2,1-4H3. The van der Waals surface area contributed by atoms with Crippen molar-refractivity contribution in [1.82, 2.24) is 19.7 Å². The second-order valence-electron chi connectivity index (χ2n) is 5.75. The zero-order valence-corrected chi connectivity index (χ0v) is 11.6. The lowest BCUT2D eigenvalue weighted by Crippen LogP contribution is -2.35.